The first-order valence-electron chi connectivity index (χ1n) is 12.6. The van der Waals surface area contributed by atoms with Gasteiger partial charge in [-0.1, -0.05) is 33.1 Å². The summed E-state index contributed by atoms with van der Waals surface area (Å²) in [5, 5.41) is 21.5. The van der Waals surface area contributed by atoms with Crippen LogP contribution in [0.2, 0.25) is 0 Å². The first kappa shape index (κ1) is 21.2. The Kier molecular flexibility index (Phi) is 5.71. The minimum atomic E-state index is -0.571. The number of aliphatic hydroxyl groups excluding tert-OH is 1. The Balaban J connectivity index is 1.46. The van der Waals surface area contributed by atoms with Gasteiger partial charge in [0.1, 0.15) is 0 Å². The highest BCUT2D eigenvalue weighted by molar-refractivity contribution is 5.08. The minimum Gasteiger partial charge on any atom is -0.392 e. The lowest BCUT2D eigenvalue weighted by Gasteiger charge is -2.63. The Morgan fingerprint density at radius 1 is 0.857 bits per heavy atom. The molecule has 0 amide bonds. The zero-order chi connectivity index (χ0) is 20.2. The normalized spacial score (nSPS) is 49.1. The molecular formula is C26H46O2. The largest absolute Gasteiger partial charge is 0.392 e. The van der Waals surface area contributed by atoms with Gasteiger partial charge in [-0.05, 0) is 118 Å². The van der Waals surface area contributed by atoms with Crippen molar-refractivity contribution < 1.29 is 10.2 Å². The van der Waals surface area contributed by atoms with Gasteiger partial charge in [0.2, 0.25) is 0 Å². The summed E-state index contributed by atoms with van der Waals surface area (Å²) in [6, 6.07) is 0. The quantitative estimate of drug-likeness (QED) is 0.588. The first-order valence-corrected chi connectivity index (χ1v) is 12.6. The fourth-order valence-electron chi connectivity index (χ4n) is 8.74. The van der Waals surface area contributed by atoms with Crippen LogP contribution >= 0.6 is 0 Å². The van der Waals surface area contributed by atoms with Crippen molar-refractivity contribution >= 4 is 0 Å². The maximum atomic E-state index is 11.5. The third-order valence-corrected chi connectivity index (χ3v) is 10.4. The number of hydrogen-bond donors (Lipinski definition) is 2. The molecule has 2 N–H and O–H groups in total. The number of aliphatic hydroxyl groups is 2. The monoisotopic (exact) mass is 390 g/mol. The molecule has 0 bridgehead atoms. The molecule has 0 saturated heterocycles. The average Bonchev–Trinajstić information content (AvgIpc) is 2.62. The van der Waals surface area contributed by atoms with Crippen molar-refractivity contribution in [3.05, 3.63) is 0 Å². The van der Waals surface area contributed by atoms with Gasteiger partial charge in [-0.3, -0.25) is 0 Å². The van der Waals surface area contributed by atoms with Crippen LogP contribution in [0.4, 0.5) is 0 Å². The zero-order valence-corrected chi connectivity index (χ0v) is 19.1. The highest BCUT2D eigenvalue weighted by atomic mass is 16.3. The van der Waals surface area contributed by atoms with Gasteiger partial charge >= 0.3 is 0 Å². The van der Waals surface area contributed by atoms with E-state index in [1.807, 2.05) is 13.8 Å². The van der Waals surface area contributed by atoms with E-state index in [-0.39, 0.29) is 11.5 Å². The number of fused-ring (bicyclic) bond motifs is 5. The van der Waals surface area contributed by atoms with Crippen molar-refractivity contribution in [3.8, 4) is 0 Å². The molecule has 0 spiro atoms. The Morgan fingerprint density at radius 3 is 2.36 bits per heavy atom. The van der Waals surface area contributed by atoms with Crippen molar-refractivity contribution in [2.45, 2.75) is 123 Å². The van der Waals surface area contributed by atoms with E-state index >= 15 is 0 Å². The SMILES string of the molecule is CC(C)(O)CCCC1CCC2C3CCC4CCCCC4(C)C3CCC2(C)C1O. The van der Waals surface area contributed by atoms with Gasteiger partial charge < -0.3 is 10.2 Å². The summed E-state index contributed by atoms with van der Waals surface area (Å²) in [7, 11) is 0. The summed E-state index contributed by atoms with van der Waals surface area (Å²) in [6.45, 7) is 8.90. The van der Waals surface area contributed by atoms with E-state index < -0.39 is 5.60 Å². The third kappa shape index (κ3) is 3.59. The predicted molar refractivity (Wildman–Crippen MR) is 116 cm³/mol. The van der Waals surface area contributed by atoms with Crippen LogP contribution in [0.25, 0.3) is 0 Å². The predicted octanol–water partition coefficient (Wildman–Crippen LogP) is 6.34. The van der Waals surface area contributed by atoms with Crippen LogP contribution in [0.1, 0.15) is 111 Å². The molecule has 8 atom stereocenters. The van der Waals surface area contributed by atoms with Crippen molar-refractivity contribution in [2.24, 2.45) is 40.4 Å². The van der Waals surface area contributed by atoms with Gasteiger partial charge in [-0.15, -0.1) is 0 Å². The first-order chi connectivity index (χ1) is 13.2. The Morgan fingerprint density at radius 2 is 1.61 bits per heavy atom. The van der Waals surface area contributed by atoms with Gasteiger partial charge in [0.05, 0.1) is 11.7 Å². The maximum Gasteiger partial charge on any atom is 0.0624 e. The molecule has 162 valence electrons. The number of rotatable bonds is 4. The summed E-state index contributed by atoms with van der Waals surface area (Å²) in [5.74, 6) is 3.96. The van der Waals surface area contributed by atoms with Crippen molar-refractivity contribution in [1.82, 2.24) is 0 Å². The average molecular weight is 391 g/mol. The highest BCUT2D eigenvalue weighted by Crippen LogP contribution is 2.66. The van der Waals surface area contributed by atoms with Crippen molar-refractivity contribution in [3.63, 3.8) is 0 Å². The van der Waals surface area contributed by atoms with E-state index in [0.29, 0.717) is 11.3 Å². The Bertz CT molecular complexity index is 551. The van der Waals surface area contributed by atoms with E-state index in [9.17, 15) is 10.2 Å². The molecule has 4 fully saturated rings. The molecule has 0 radical (unpaired) electrons. The molecule has 0 aromatic carbocycles. The van der Waals surface area contributed by atoms with Crippen LogP contribution in [-0.2, 0) is 0 Å². The van der Waals surface area contributed by atoms with Crippen LogP contribution in [0.3, 0.4) is 0 Å². The van der Waals surface area contributed by atoms with Gasteiger partial charge in [-0.25, -0.2) is 0 Å². The van der Waals surface area contributed by atoms with Crippen molar-refractivity contribution in [2.75, 3.05) is 0 Å². The van der Waals surface area contributed by atoms with Crippen LogP contribution in [0.5, 0.6) is 0 Å². The highest BCUT2D eigenvalue weighted by Gasteiger charge is 2.59. The van der Waals surface area contributed by atoms with Gasteiger partial charge in [0, 0.05) is 0 Å². The molecule has 0 heterocycles. The van der Waals surface area contributed by atoms with E-state index in [1.54, 1.807) is 0 Å². The lowest BCUT2D eigenvalue weighted by Crippen LogP contribution is -2.58. The fourth-order valence-corrected chi connectivity index (χ4v) is 8.74. The molecular weight excluding hydrogens is 344 g/mol. The summed E-state index contributed by atoms with van der Waals surface area (Å²) in [5.41, 5.74) is 0.159. The van der Waals surface area contributed by atoms with Gasteiger partial charge in [-0.2, -0.15) is 0 Å². The van der Waals surface area contributed by atoms with E-state index in [2.05, 4.69) is 13.8 Å². The molecule has 8 unspecified atom stereocenters. The standard InChI is InChI=1S/C26H46O2/c1-24(2,28)15-7-8-18-10-13-21-20-12-11-19-9-5-6-16-25(19,3)22(20)14-17-26(21,4)23(18)27/h18-23,27-28H,5-17H2,1-4H3. The number of hydrogen-bond acceptors (Lipinski definition) is 2. The molecule has 0 aromatic rings. The van der Waals surface area contributed by atoms with Gasteiger partial charge in [0.25, 0.3) is 0 Å². The van der Waals surface area contributed by atoms with Crippen molar-refractivity contribution in [1.29, 1.82) is 0 Å². The third-order valence-electron chi connectivity index (χ3n) is 10.4. The van der Waals surface area contributed by atoms with Crippen LogP contribution < -0.4 is 0 Å². The molecule has 2 nitrogen and oxygen atoms in total. The topological polar surface area (TPSA) is 40.5 Å². The molecule has 4 saturated carbocycles. The second-order valence-corrected chi connectivity index (χ2v) is 12.4. The molecule has 2 heteroatoms. The molecule has 4 aliphatic carbocycles. The summed E-state index contributed by atoms with van der Waals surface area (Å²) in [4.78, 5) is 0. The summed E-state index contributed by atoms with van der Waals surface area (Å²) >= 11 is 0. The molecule has 28 heavy (non-hydrogen) atoms. The second-order valence-electron chi connectivity index (χ2n) is 12.4. The zero-order valence-electron chi connectivity index (χ0n) is 19.1. The lowest BCUT2D eigenvalue weighted by atomic mass is 9.42. The smallest absolute Gasteiger partial charge is 0.0624 e. The molecule has 0 aromatic heterocycles. The summed E-state index contributed by atoms with van der Waals surface area (Å²) < 4.78 is 0. The lowest BCUT2D eigenvalue weighted by molar-refractivity contribution is -0.174. The summed E-state index contributed by atoms with van der Waals surface area (Å²) in [6.07, 6.45) is 16.7. The van der Waals surface area contributed by atoms with Crippen LogP contribution in [0, 0.1) is 40.4 Å². The molecule has 4 rings (SSSR count). The molecule has 4 aliphatic rings. The maximum absolute atomic E-state index is 11.5. The van der Waals surface area contributed by atoms with E-state index in [4.69, 9.17) is 0 Å². The Hall–Kier alpha value is -0.0800. The van der Waals surface area contributed by atoms with E-state index in [1.165, 1.54) is 64.2 Å². The van der Waals surface area contributed by atoms with Gasteiger partial charge in [0.15, 0.2) is 0 Å². The fraction of sp³-hybridized carbons (Fsp3) is 1.00. The van der Waals surface area contributed by atoms with Crippen LogP contribution in [-0.4, -0.2) is 21.9 Å². The van der Waals surface area contributed by atoms with Crippen LogP contribution in [0.15, 0.2) is 0 Å². The minimum absolute atomic E-state index is 0.133. The molecule has 0 aliphatic heterocycles. The Labute approximate surface area is 173 Å². The second kappa shape index (κ2) is 7.56. The van der Waals surface area contributed by atoms with E-state index in [0.717, 1.165) is 42.9 Å².